The largest absolute Gasteiger partial charge is 0.484 e. The highest BCUT2D eigenvalue weighted by Gasteiger charge is 2.22. The van der Waals surface area contributed by atoms with E-state index in [4.69, 9.17) is 4.74 Å². The molecule has 0 radical (unpaired) electrons. The molecule has 2 aromatic rings. The summed E-state index contributed by atoms with van der Waals surface area (Å²) in [5, 5.41) is 0. The first-order valence-corrected chi connectivity index (χ1v) is 8.40. The first kappa shape index (κ1) is 15.6. The number of thioether (sulfide) groups is 1. The Labute approximate surface area is 139 Å². The van der Waals surface area contributed by atoms with Crippen LogP contribution in [0.3, 0.4) is 0 Å². The summed E-state index contributed by atoms with van der Waals surface area (Å²) < 4.78 is 5.56. The topological polar surface area (TPSA) is 46.6 Å². The number of rotatable bonds is 4. The van der Waals surface area contributed by atoms with E-state index in [-0.39, 0.29) is 18.3 Å². The molecule has 118 valence electrons. The van der Waals surface area contributed by atoms with Crippen LogP contribution in [-0.4, -0.2) is 30.6 Å². The molecular weight excluding hydrogens is 310 g/mol. The molecule has 4 nitrogen and oxygen atoms in total. The second-order valence-electron chi connectivity index (χ2n) is 5.23. The van der Waals surface area contributed by atoms with Crippen molar-refractivity contribution in [3.63, 3.8) is 0 Å². The normalized spacial score (nSPS) is 13.3. The number of para-hydroxylation sites is 1. The van der Waals surface area contributed by atoms with E-state index in [9.17, 15) is 9.59 Å². The van der Waals surface area contributed by atoms with E-state index in [0.717, 1.165) is 16.3 Å². The standard InChI is InChI=1S/C18H17NO3S/c1-13(20)14-6-8-15(9-7-14)22-12-18(21)19-10-11-23-17-5-3-2-4-16(17)19/h2-9H,10-12H2,1H3. The van der Waals surface area contributed by atoms with Crippen LogP contribution in [0.15, 0.2) is 53.4 Å². The Morgan fingerprint density at radius 2 is 1.87 bits per heavy atom. The van der Waals surface area contributed by atoms with Crippen LogP contribution in [0, 0.1) is 0 Å². The molecule has 3 rings (SSSR count). The summed E-state index contributed by atoms with van der Waals surface area (Å²) in [6, 6.07) is 14.7. The monoisotopic (exact) mass is 327 g/mol. The number of anilines is 1. The van der Waals surface area contributed by atoms with Gasteiger partial charge in [0.2, 0.25) is 0 Å². The van der Waals surface area contributed by atoms with Gasteiger partial charge in [0.1, 0.15) is 5.75 Å². The van der Waals surface area contributed by atoms with Gasteiger partial charge in [0.15, 0.2) is 12.4 Å². The van der Waals surface area contributed by atoms with Crippen molar-refractivity contribution in [1.82, 2.24) is 0 Å². The lowest BCUT2D eigenvalue weighted by molar-refractivity contribution is -0.120. The molecule has 1 amide bonds. The molecule has 1 aliphatic rings. The second kappa shape index (κ2) is 6.87. The molecule has 5 heteroatoms. The Morgan fingerprint density at radius 3 is 2.61 bits per heavy atom. The molecular formula is C18H17NO3S. The van der Waals surface area contributed by atoms with Gasteiger partial charge >= 0.3 is 0 Å². The van der Waals surface area contributed by atoms with Crippen molar-refractivity contribution in [2.24, 2.45) is 0 Å². The quantitative estimate of drug-likeness (QED) is 0.808. The first-order valence-electron chi connectivity index (χ1n) is 7.41. The minimum Gasteiger partial charge on any atom is -0.484 e. The molecule has 0 saturated heterocycles. The number of amides is 1. The fourth-order valence-corrected chi connectivity index (χ4v) is 3.43. The number of benzene rings is 2. The number of hydrogen-bond donors (Lipinski definition) is 0. The number of Topliss-reactive ketones (excluding diaryl/α,β-unsaturated/α-hetero) is 1. The third-order valence-electron chi connectivity index (χ3n) is 3.65. The molecule has 1 heterocycles. The van der Waals surface area contributed by atoms with Crippen molar-refractivity contribution in [3.8, 4) is 5.75 Å². The van der Waals surface area contributed by atoms with E-state index in [1.807, 2.05) is 24.3 Å². The van der Waals surface area contributed by atoms with Crippen LogP contribution in [0.2, 0.25) is 0 Å². The highest BCUT2D eigenvalue weighted by Crippen LogP contribution is 2.34. The Morgan fingerprint density at radius 1 is 1.13 bits per heavy atom. The van der Waals surface area contributed by atoms with Gasteiger partial charge in [-0.3, -0.25) is 9.59 Å². The van der Waals surface area contributed by atoms with E-state index in [1.54, 1.807) is 40.9 Å². The second-order valence-corrected chi connectivity index (χ2v) is 6.37. The van der Waals surface area contributed by atoms with Gasteiger partial charge in [-0.05, 0) is 43.3 Å². The number of nitrogens with zero attached hydrogens (tertiary/aromatic N) is 1. The Hall–Kier alpha value is -2.27. The molecule has 0 aromatic heterocycles. The summed E-state index contributed by atoms with van der Waals surface area (Å²) in [6.45, 7) is 2.19. The highest BCUT2D eigenvalue weighted by molar-refractivity contribution is 7.99. The van der Waals surface area contributed by atoms with Crippen LogP contribution in [0.1, 0.15) is 17.3 Å². The van der Waals surface area contributed by atoms with Gasteiger partial charge in [-0.2, -0.15) is 0 Å². The van der Waals surface area contributed by atoms with E-state index in [0.29, 0.717) is 17.9 Å². The summed E-state index contributed by atoms with van der Waals surface area (Å²) in [4.78, 5) is 26.6. The van der Waals surface area contributed by atoms with Gasteiger partial charge in [-0.25, -0.2) is 0 Å². The molecule has 0 saturated carbocycles. The smallest absolute Gasteiger partial charge is 0.264 e. The van der Waals surface area contributed by atoms with Gasteiger partial charge in [0.25, 0.3) is 5.91 Å². The summed E-state index contributed by atoms with van der Waals surface area (Å²) in [7, 11) is 0. The van der Waals surface area contributed by atoms with Crippen LogP contribution in [0.5, 0.6) is 5.75 Å². The number of ketones is 1. The zero-order valence-corrected chi connectivity index (χ0v) is 13.6. The van der Waals surface area contributed by atoms with E-state index < -0.39 is 0 Å². The fraction of sp³-hybridized carbons (Fsp3) is 0.222. The lowest BCUT2D eigenvalue weighted by atomic mass is 10.1. The van der Waals surface area contributed by atoms with Crippen molar-refractivity contribution in [2.75, 3.05) is 23.8 Å². The molecule has 0 aliphatic carbocycles. The van der Waals surface area contributed by atoms with Crippen molar-refractivity contribution in [2.45, 2.75) is 11.8 Å². The van der Waals surface area contributed by atoms with Crippen LogP contribution >= 0.6 is 11.8 Å². The van der Waals surface area contributed by atoms with Gasteiger partial charge < -0.3 is 9.64 Å². The zero-order chi connectivity index (χ0) is 16.2. The maximum absolute atomic E-state index is 12.4. The van der Waals surface area contributed by atoms with E-state index >= 15 is 0 Å². The number of hydrogen-bond acceptors (Lipinski definition) is 4. The van der Waals surface area contributed by atoms with Crippen LogP contribution in [0.25, 0.3) is 0 Å². The third kappa shape index (κ3) is 3.56. The lowest BCUT2D eigenvalue weighted by Crippen LogP contribution is -2.38. The number of fused-ring (bicyclic) bond motifs is 1. The number of carbonyl (C=O) groups excluding carboxylic acids is 2. The zero-order valence-electron chi connectivity index (χ0n) is 12.8. The van der Waals surface area contributed by atoms with Crippen LogP contribution < -0.4 is 9.64 Å². The minimum atomic E-state index is -0.0617. The number of ether oxygens (including phenoxy) is 1. The highest BCUT2D eigenvalue weighted by atomic mass is 32.2. The summed E-state index contributed by atoms with van der Waals surface area (Å²) in [5.41, 5.74) is 1.58. The predicted molar refractivity (Wildman–Crippen MR) is 91.5 cm³/mol. The summed E-state index contributed by atoms with van der Waals surface area (Å²) >= 11 is 1.76. The summed E-state index contributed by atoms with van der Waals surface area (Å²) in [6.07, 6.45) is 0. The van der Waals surface area contributed by atoms with Gasteiger partial charge in [0, 0.05) is 22.8 Å². The molecule has 0 spiro atoms. The average Bonchev–Trinajstić information content (AvgIpc) is 2.59. The molecule has 0 unspecified atom stereocenters. The van der Waals surface area contributed by atoms with E-state index in [2.05, 4.69) is 0 Å². The number of carbonyl (C=O) groups is 2. The SMILES string of the molecule is CC(=O)c1ccc(OCC(=O)N2CCSc3ccccc32)cc1. The maximum atomic E-state index is 12.4. The third-order valence-corrected chi connectivity index (χ3v) is 4.70. The maximum Gasteiger partial charge on any atom is 0.264 e. The van der Waals surface area contributed by atoms with Gasteiger partial charge in [-0.1, -0.05) is 12.1 Å². The van der Waals surface area contributed by atoms with E-state index in [1.165, 1.54) is 6.92 Å². The molecule has 1 aliphatic heterocycles. The van der Waals surface area contributed by atoms with Gasteiger partial charge in [0.05, 0.1) is 5.69 Å². The van der Waals surface area contributed by atoms with Gasteiger partial charge in [-0.15, -0.1) is 11.8 Å². The summed E-state index contributed by atoms with van der Waals surface area (Å²) in [5.74, 6) is 1.42. The van der Waals surface area contributed by atoms with Crippen LogP contribution in [-0.2, 0) is 4.79 Å². The van der Waals surface area contributed by atoms with Crippen molar-refractivity contribution >= 4 is 29.1 Å². The molecule has 2 aromatic carbocycles. The average molecular weight is 327 g/mol. The first-order chi connectivity index (χ1) is 11.1. The van der Waals surface area contributed by atoms with Crippen molar-refractivity contribution in [1.29, 1.82) is 0 Å². The Kier molecular flexibility index (Phi) is 4.67. The van der Waals surface area contributed by atoms with Crippen molar-refractivity contribution < 1.29 is 14.3 Å². The predicted octanol–water partition coefficient (Wildman–Crippen LogP) is 3.41. The Balaban J connectivity index is 1.65. The molecule has 0 fully saturated rings. The van der Waals surface area contributed by atoms with Crippen molar-refractivity contribution in [3.05, 3.63) is 54.1 Å². The Bertz CT molecular complexity index is 727. The molecule has 23 heavy (non-hydrogen) atoms. The lowest BCUT2D eigenvalue weighted by Gasteiger charge is -2.28. The molecule has 0 atom stereocenters. The molecule has 0 N–H and O–H groups in total. The van der Waals surface area contributed by atoms with Crippen LogP contribution in [0.4, 0.5) is 5.69 Å². The molecule has 0 bridgehead atoms. The fourth-order valence-electron chi connectivity index (χ4n) is 2.44. The minimum absolute atomic E-state index is 0.00931.